The van der Waals surface area contributed by atoms with Crippen LogP contribution in [0.5, 0.6) is 0 Å². The van der Waals surface area contributed by atoms with Crippen molar-refractivity contribution in [2.75, 3.05) is 19.6 Å². The van der Waals surface area contributed by atoms with Crippen molar-refractivity contribution >= 4 is 17.7 Å². The molecule has 0 bridgehead atoms. The van der Waals surface area contributed by atoms with Gasteiger partial charge >= 0.3 is 0 Å². The fourth-order valence-electron chi connectivity index (χ4n) is 4.09. The number of nitrogens with zero attached hydrogens (tertiary/aromatic N) is 2. The van der Waals surface area contributed by atoms with Gasteiger partial charge in [-0.3, -0.25) is 14.4 Å². The first kappa shape index (κ1) is 25.4. The number of rotatable bonds is 7. The molecule has 0 aliphatic carbocycles. The average Bonchev–Trinajstić information content (AvgIpc) is 2.56. The molecule has 0 aromatic heterocycles. The Balaban J connectivity index is 2.70. The summed E-state index contributed by atoms with van der Waals surface area (Å²) >= 11 is 0. The molecule has 1 rings (SSSR count). The van der Waals surface area contributed by atoms with E-state index >= 15 is 0 Å². The molecule has 0 spiro atoms. The van der Waals surface area contributed by atoms with E-state index in [1.807, 2.05) is 39.5 Å². The summed E-state index contributed by atoms with van der Waals surface area (Å²) in [6.07, 6.45) is 1.56. The minimum atomic E-state index is -0.522. The fraction of sp³-hybridized carbons (Fsp3) is 0.870. The maximum atomic E-state index is 13.1. The zero-order chi connectivity index (χ0) is 22.5. The van der Waals surface area contributed by atoms with E-state index < -0.39 is 6.04 Å². The SMILES string of the molecule is CC(CC(=O)N1CCN(C(=O)C(NC(=O)C(C)C)C(C)C)CC1C)CC(C)(C)C. The molecule has 0 radical (unpaired) electrons. The Hall–Kier alpha value is -1.59. The van der Waals surface area contributed by atoms with Gasteiger partial charge in [-0.2, -0.15) is 0 Å². The first-order valence-corrected chi connectivity index (χ1v) is 11.1. The van der Waals surface area contributed by atoms with Crippen molar-refractivity contribution in [1.29, 1.82) is 0 Å². The lowest BCUT2D eigenvalue weighted by Crippen LogP contribution is -2.60. The van der Waals surface area contributed by atoms with Crippen molar-refractivity contribution in [3.63, 3.8) is 0 Å². The molecule has 3 atom stereocenters. The van der Waals surface area contributed by atoms with Gasteiger partial charge in [0.1, 0.15) is 6.04 Å². The molecule has 3 amide bonds. The summed E-state index contributed by atoms with van der Waals surface area (Å²) in [4.78, 5) is 41.7. The highest BCUT2D eigenvalue weighted by atomic mass is 16.2. The smallest absolute Gasteiger partial charge is 0.245 e. The van der Waals surface area contributed by atoms with Gasteiger partial charge in [-0.15, -0.1) is 0 Å². The van der Waals surface area contributed by atoms with Crippen LogP contribution in [0.1, 0.15) is 75.2 Å². The van der Waals surface area contributed by atoms with Gasteiger partial charge in [0.25, 0.3) is 0 Å². The van der Waals surface area contributed by atoms with E-state index in [2.05, 4.69) is 33.0 Å². The summed E-state index contributed by atoms with van der Waals surface area (Å²) in [5.41, 5.74) is 0.211. The predicted octanol–water partition coefficient (Wildman–Crippen LogP) is 3.30. The standard InChI is InChI=1S/C23H43N3O3/c1-15(2)20(24-21(28)16(3)4)22(29)25-10-11-26(18(6)14-25)19(27)12-17(5)13-23(7,8)9/h15-18,20H,10-14H2,1-9H3,(H,24,28). The van der Waals surface area contributed by atoms with Gasteiger partial charge in [0.15, 0.2) is 0 Å². The van der Waals surface area contributed by atoms with E-state index in [9.17, 15) is 14.4 Å². The average molecular weight is 410 g/mol. The van der Waals surface area contributed by atoms with Crippen LogP contribution < -0.4 is 5.32 Å². The first-order valence-electron chi connectivity index (χ1n) is 11.1. The normalized spacial score (nSPS) is 20.0. The van der Waals surface area contributed by atoms with Gasteiger partial charge in [-0.25, -0.2) is 0 Å². The molecule has 168 valence electrons. The molecule has 1 fully saturated rings. The predicted molar refractivity (Wildman–Crippen MR) is 117 cm³/mol. The Morgan fingerprint density at radius 1 is 1.03 bits per heavy atom. The molecule has 1 heterocycles. The number of hydrogen-bond acceptors (Lipinski definition) is 3. The van der Waals surface area contributed by atoms with Gasteiger partial charge in [0.2, 0.25) is 17.7 Å². The molecule has 6 heteroatoms. The van der Waals surface area contributed by atoms with Crippen LogP contribution in [-0.4, -0.2) is 59.2 Å². The monoisotopic (exact) mass is 409 g/mol. The molecule has 0 saturated carbocycles. The highest BCUT2D eigenvalue weighted by Crippen LogP contribution is 2.27. The molecular weight excluding hydrogens is 366 g/mol. The van der Waals surface area contributed by atoms with Gasteiger partial charge in [-0.05, 0) is 30.6 Å². The van der Waals surface area contributed by atoms with Gasteiger partial charge in [0, 0.05) is 38.0 Å². The zero-order valence-electron chi connectivity index (χ0n) is 20.0. The highest BCUT2D eigenvalue weighted by molar-refractivity contribution is 5.88. The van der Waals surface area contributed by atoms with Crippen molar-refractivity contribution < 1.29 is 14.4 Å². The van der Waals surface area contributed by atoms with Crippen LogP contribution >= 0.6 is 0 Å². The Kier molecular flexibility index (Phi) is 9.16. The lowest BCUT2D eigenvalue weighted by atomic mass is 9.84. The Labute approximate surface area is 177 Å². The molecule has 0 aromatic rings. The minimum absolute atomic E-state index is 0.0124. The zero-order valence-corrected chi connectivity index (χ0v) is 20.0. The van der Waals surface area contributed by atoms with Crippen LogP contribution in [0.3, 0.4) is 0 Å². The summed E-state index contributed by atoms with van der Waals surface area (Å²) in [6, 6.07) is -0.540. The second-order valence-corrected chi connectivity index (χ2v) is 10.7. The van der Waals surface area contributed by atoms with Gasteiger partial charge in [-0.1, -0.05) is 55.4 Å². The lowest BCUT2D eigenvalue weighted by Gasteiger charge is -2.42. The number of amides is 3. The van der Waals surface area contributed by atoms with Crippen LogP contribution in [-0.2, 0) is 14.4 Å². The van der Waals surface area contributed by atoms with Crippen LogP contribution in [0.4, 0.5) is 0 Å². The van der Waals surface area contributed by atoms with E-state index in [0.29, 0.717) is 32.0 Å². The van der Waals surface area contributed by atoms with Crippen molar-refractivity contribution in [3.05, 3.63) is 0 Å². The topological polar surface area (TPSA) is 69.7 Å². The van der Waals surface area contributed by atoms with E-state index in [1.54, 1.807) is 4.90 Å². The number of piperazine rings is 1. The summed E-state index contributed by atoms with van der Waals surface area (Å²) < 4.78 is 0. The molecule has 3 unspecified atom stereocenters. The summed E-state index contributed by atoms with van der Waals surface area (Å²) in [5, 5.41) is 2.90. The first-order chi connectivity index (χ1) is 13.2. The van der Waals surface area contributed by atoms with Gasteiger partial charge < -0.3 is 15.1 Å². The second kappa shape index (κ2) is 10.4. The molecule has 1 saturated heterocycles. The van der Waals surface area contributed by atoms with E-state index in [4.69, 9.17) is 0 Å². The third kappa shape index (κ3) is 7.98. The van der Waals surface area contributed by atoms with E-state index in [-0.39, 0.29) is 41.0 Å². The maximum absolute atomic E-state index is 13.1. The molecule has 6 nitrogen and oxygen atoms in total. The van der Waals surface area contributed by atoms with Gasteiger partial charge in [0.05, 0.1) is 0 Å². The molecule has 29 heavy (non-hydrogen) atoms. The summed E-state index contributed by atoms with van der Waals surface area (Å²) in [7, 11) is 0. The Bertz CT molecular complexity index is 580. The Morgan fingerprint density at radius 2 is 1.62 bits per heavy atom. The van der Waals surface area contributed by atoms with Crippen molar-refractivity contribution in [2.24, 2.45) is 23.2 Å². The van der Waals surface area contributed by atoms with Crippen molar-refractivity contribution in [3.8, 4) is 0 Å². The third-order valence-corrected chi connectivity index (χ3v) is 5.50. The van der Waals surface area contributed by atoms with E-state index in [1.165, 1.54) is 0 Å². The quantitative estimate of drug-likeness (QED) is 0.701. The third-order valence-electron chi connectivity index (χ3n) is 5.50. The molecule has 1 N–H and O–H groups in total. The van der Waals surface area contributed by atoms with Crippen LogP contribution in [0, 0.1) is 23.2 Å². The second-order valence-electron chi connectivity index (χ2n) is 10.7. The lowest BCUT2D eigenvalue weighted by molar-refractivity contribution is -0.145. The van der Waals surface area contributed by atoms with E-state index in [0.717, 1.165) is 6.42 Å². The molecule has 1 aliphatic rings. The number of carbonyl (C=O) groups is 3. The minimum Gasteiger partial charge on any atom is -0.344 e. The van der Waals surface area contributed by atoms with Crippen molar-refractivity contribution in [1.82, 2.24) is 15.1 Å². The Morgan fingerprint density at radius 3 is 2.07 bits per heavy atom. The number of hydrogen-bond donors (Lipinski definition) is 1. The van der Waals surface area contributed by atoms with Crippen LogP contribution in [0.25, 0.3) is 0 Å². The molecular formula is C23H43N3O3. The molecule has 0 aromatic carbocycles. The molecule has 1 aliphatic heterocycles. The van der Waals surface area contributed by atoms with Crippen LogP contribution in [0.15, 0.2) is 0 Å². The summed E-state index contributed by atoms with van der Waals surface area (Å²) in [6.45, 7) is 19.9. The fourth-order valence-corrected chi connectivity index (χ4v) is 4.09. The maximum Gasteiger partial charge on any atom is 0.245 e. The number of nitrogens with one attached hydrogen (secondary N) is 1. The highest BCUT2D eigenvalue weighted by Gasteiger charge is 2.35. The largest absolute Gasteiger partial charge is 0.344 e. The number of carbonyl (C=O) groups excluding carboxylic acids is 3. The van der Waals surface area contributed by atoms with Crippen LogP contribution in [0.2, 0.25) is 0 Å². The summed E-state index contributed by atoms with van der Waals surface area (Å²) in [5.74, 6) is 0.215. The van der Waals surface area contributed by atoms with Crippen molar-refractivity contribution in [2.45, 2.75) is 87.2 Å².